The molecule has 2 aromatic rings. The molecule has 0 unspecified atom stereocenters. The third-order valence-electron chi connectivity index (χ3n) is 2.98. The number of anilines is 1. The van der Waals surface area contributed by atoms with Crippen molar-refractivity contribution in [2.75, 3.05) is 11.9 Å². The summed E-state index contributed by atoms with van der Waals surface area (Å²) in [6, 6.07) is 9.77. The van der Waals surface area contributed by atoms with Crippen LogP contribution in [0.3, 0.4) is 0 Å². The SMILES string of the molecule is O=C(Nc1cccc(CCCO)c1)c1cc(F)ccc1F. The minimum Gasteiger partial charge on any atom is -0.396 e. The number of carbonyl (C=O) groups is 1. The third kappa shape index (κ3) is 4.10. The third-order valence-corrected chi connectivity index (χ3v) is 2.98. The highest BCUT2D eigenvalue weighted by molar-refractivity contribution is 6.04. The van der Waals surface area contributed by atoms with Gasteiger partial charge in [-0.1, -0.05) is 12.1 Å². The van der Waals surface area contributed by atoms with Crippen molar-refractivity contribution in [3.63, 3.8) is 0 Å². The fourth-order valence-electron chi connectivity index (χ4n) is 1.96. The first-order valence-corrected chi connectivity index (χ1v) is 6.56. The molecule has 0 saturated carbocycles. The standard InChI is InChI=1S/C16H15F2NO2/c17-12-6-7-15(18)14(10-12)16(21)19-13-5-1-3-11(9-13)4-2-8-20/h1,3,5-7,9-10,20H,2,4,8H2,(H,19,21). The van der Waals surface area contributed by atoms with Gasteiger partial charge in [0.05, 0.1) is 5.56 Å². The molecule has 0 radical (unpaired) electrons. The van der Waals surface area contributed by atoms with E-state index in [1.165, 1.54) is 0 Å². The number of halogens is 2. The molecule has 0 atom stereocenters. The van der Waals surface area contributed by atoms with Crippen molar-refractivity contribution in [1.82, 2.24) is 0 Å². The second-order valence-corrected chi connectivity index (χ2v) is 4.61. The van der Waals surface area contributed by atoms with Crippen LogP contribution in [0.5, 0.6) is 0 Å². The molecule has 3 nitrogen and oxygen atoms in total. The van der Waals surface area contributed by atoms with Gasteiger partial charge in [-0.15, -0.1) is 0 Å². The van der Waals surface area contributed by atoms with E-state index in [4.69, 9.17) is 5.11 Å². The lowest BCUT2D eigenvalue weighted by atomic mass is 10.1. The van der Waals surface area contributed by atoms with Crippen molar-refractivity contribution in [3.05, 3.63) is 65.2 Å². The molecule has 110 valence electrons. The number of hydrogen-bond donors (Lipinski definition) is 2. The van der Waals surface area contributed by atoms with Gasteiger partial charge in [0.25, 0.3) is 5.91 Å². The Morgan fingerprint density at radius 3 is 2.71 bits per heavy atom. The highest BCUT2D eigenvalue weighted by Crippen LogP contribution is 2.15. The number of hydrogen-bond acceptors (Lipinski definition) is 2. The monoisotopic (exact) mass is 291 g/mol. The lowest BCUT2D eigenvalue weighted by molar-refractivity contribution is 0.102. The number of aliphatic hydroxyl groups is 1. The van der Waals surface area contributed by atoms with E-state index in [2.05, 4.69) is 5.32 Å². The van der Waals surface area contributed by atoms with Gasteiger partial charge in [-0.05, 0) is 48.7 Å². The van der Waals surface area contributed by atoms with E-state index in [0.29, 0.717) is 18.5 Å². The zero-order chi connectivity index (χ0) is 15.2. The summed E-state index contributed by atoms with van der Waals surface area (Å²) in [5, 5.41) is 11.3. The average Bonchev–Trinajstić information content (AvgIpc) is 2.48. The van der Waals surface area contributed by atoms with Crippen LogP contribution in [0.15, 0.2) is 42.5 Å². The molecule has 0 aliphatic heterocycles. The summed E-state index contributed by atoms with van der Waals surface area (Å²) in [6.07, 6.45) is 1.30. The maximum Gasteiger partial charge on any atom is 0.258 e. The maximum atomic E-state index is 13.5. The van der Waals surface area contributed by atoms with Gasteiger partial charge in [-0.25, -0.2) is 8.78 Å². The van der Waals surface area contributed by atoms with Crippen LogP contribution in [0, 0.1) is 11.6 Å². The van der Waals surface area contributed by atoms with E-state index in [-0.39, 0.29) is 12.2 Å². The summed E-state index contributed by atoms with van der Waals surface area (Å²) < 4.78 is 26.6. The van der Waals surface area contributed by atoms with Crippen LogP contribution >= 0.6 is 0 Å². The first kappa shape index (κ1) is 15.1. The minimum atomic E-state index is -0.773. The van der Waals surface area contributed by atoms with E-state index in [0.717, 1.165) is 23.8 Å². The quantitative estimate of drug-likeness (QED) is 0.889. The van der Waals surface area contributed by atoms with Crippen molar-refractivity contribution in [2.45, 2.75) is 12.8 Å². The van der Waals surface area contributed by atoms with Crippen LogP contribution in [0.25, 0.3) is 0 Å². The van der Waals surface area contributed by atoms with E-state index < -0.39 is 17.5 Å². The molecule has 21 heavy (non-hydrogen) atoms. The Hall–Kier alpha value is -2.27. The number of nitrogens with one attached hydrogen (secondary N) is 1. The number of aryl methyl sites for hydroxylation is 1. The Morgan fingerprint density at radius 1 is 1.14 bits per heavy atom. The minimum absolute atomic E-state index is 0.0884. The summed E-state index contributed by atoms with van der Waals surface area (Å²) in [5.74, 6) is -2.14. The lowest BCUT2D eigenvalue weighted by Gasteiger charge is -2.08. The van der Waals surface area contributed by atoms with Crippen LogP contribution < -0.4 is 5.32 Å². The molecule has 0 aromatic heterocycles. The van der Waals surface area contributed by atoms with Crippen LogP contribution in [0.4, 0.5) is 14.5 Å². The van der Waals surface area contributed by atoms with Gasteiger partial charge in [-0.3, -0.25) is 4.79 Å². The molecular weight excluding hydrogens is 276 g/mol. The van der Waals surface area contributed by atoms with Gasteiger partial charge >= 0.3 is 0 Å². The number of amides is 1. The summed E-state index contributed by atoms with van der Waals surface area (Å²) in [5.41, 5.74) is 1.11. The maximum absolute atomic E-state index is 13.5. The zero-order valence-corrected chi connectivity index (χ0v) is 11.3. The molecule has 0 aliphatic rings. The molecule has 2 N–H and O–H groups in total. The molecule has 0 aliphatic carbocycles. The molecule has 0 spiro atoms. The first-order valence-electron chi connectivity index (χ1n) is 6.56. The largest absolute Gasteiger partial charge is 0.396 e. The van der Waals surface area contributed by atoms with Gasteiger partial charge in [0.1, 0.15) is 11.6 Å². The predicted octanol–water partition coefficient (Wildman–Crippen LogP) is 3.14. The number of benzene rings is 2. The molecule has 2 aromatic carbocycles. The fourth-order valence-corrected chi connectivity index (χ4v) is 1.96. The average molecular weight is 291 g/mol. The van der Waals surface area contributed by atoms with Gasteiger partial charge in [0, 0.05) is 12.3 Å². The number of aliphatic hydroxyl groups excluding tert-OH is 1. The van der Waals surface area contributed by atoms with Crippen LogP contribution in [-0.2, 0) is 6.42 Å². The van der Waals surface area contributed by atoms with Gasteiger partial charge in [0.2, 0.25) is 0 Å². The highest BCUT2D eigenvalue weighted by Gasteiger charge is 2.13. The molecular formula is C16H15F2NO2. The Labute approximate surface area is 121 Å². The van der Waals surface area contributed by atoms with E-state index in [9.17, 15) is 13.6 Å². The van der Waals surface area contributed by atoms with Gasteiger partial charge in [-0.2, -0.15) is 0 Å². The summed E-state index contributed by atoms with van der Waals surface area (Å²) >= 11 is 0. The van der Waals surface area contributed by atoms with E-state index in [1.54, 1.807) is 18.2 Å². The topological polar surface area (TPSA) is 49.3 Å². The summed E-state index contributed by atoms with van der Waals surface area (Å²) in [6.45, 7) is 0.0884. The molecule has 2 rings (SSSR count). The predicted molar refractivity (Wildman–Crippen MR) is 76.2 cm³/mol. The number of rotatable bonds is 5. The zero-order valence-electron chi connectivity index (χ0n) is 11.3. The van der Waals surface area contributed by atoms with Crippen molar-refractivity contribution < 1.29 is 18.7 Å². The van der Waals surface area contributed by atoms with Crippen LogP contribution in [-0.4, -0.2) is 17.6 Å². The Balaban J connectivity index is 2.14. The van der Waals surface area contributed by atoms with Gasteiger partial charge in [0.15, 0.2) is 0 Å². The van der Waals surface area contributed by atoms with E-state index in [1.807, 2.05) is 6.07 Å². The Kier molecular flexibility index (Phi) is 5.00. The van der Waals surface area contributed by atoms with E-state index >= 15 is 0 Å². The molecule has 0 saturated heterocycles. The lowest BCUT2D eigenvalue weighted by Crippen LogP contribution is -2.14. The summed E-state index contributed by atoms with van der Waals surface area (Å²) in [7, 11) is 0. The Bertz CT molecular complexity index is 644. The first-order chi connectivity index (χ1) is 10.1. The molecule has 0 fully saturated rings. The van der Waals surface area contributed by atoms with Crippen LogP contribution in [0.1, 0.15) is 22.3 Å². The van der Waals surface area contributed by atoms with Crippen molar-refractivity contribution >= 4 is 11.6 Å². The summed E-state index contributed by atoms with van der Waals surface area (Å²) in [4.78, 5) is 12.0. The van der Waals surface area contributed by atoms with Crippen molar-refractivity contribution in [2.24, 2.45) is 0 Å². The molecule has 0 bridgehead atoms. The van der Waals surface area contributed by atoms with Crippen molar-refractivity contribution in [1.29, 1.82) is 0 Å². The fraction of sp³-hybridized carbons (Fsp3) is 0.188. The molecule has 0 heterocycles. The molecule has 1 amide bonds. The van der Waals surface area contributed by atoms with Gasteiger partial charge < -0.3 is 10.4 Å². The van der Waals surface area contributed by atoms with Crippen LogP contribution in [0.2, 0.25) is 0 Å². The Morgan fingerprint density at radius 2 is 1.95 bits per heavy atom. The normalized spacial score (nSPS) is 10.4. The second kappa shape index (κ2) is 6.95. The van der Waals surface area contributed by atoms with Crippen molar-refractivity contribution in [3.8, 4) is 0 Å². The number of carbonyl (C=O) groups excluding carboxylic acids is 1. The smallest absolute Gasteiger partial charge is 0.258 e. The molecule has 5 heteroatoms. The highest BCUT2D eigenvalue weighted by atomic mass is 19.1. The second-order valence-electron chi connectivity index (χ2n) is 4.61.